The predicted molar refractivity (Wildman–Crippen MR) is 97.7 cm³/mol. The molecule has 0 saturated heterocycles. The van der Waals surface area contributed by atoms with Crippen molar-refractivity contribution in [2.75, 3.05) is 13.7 Å². The van der Waals surface area contributed by atoms with E-state index in [-0.39, 0.29) is 5.60 Å². The molecule has 6 aliphatic rings. The molecule has 5 aliphatic carbocycles. The number of methoxy groups -OCH3 is 1. The van der Waals surface area contributed by atoms with E-state index in [2.05, 4.69) is 31.2 Å². The van der Waals surface area contributed by atoms with Crippen LogP contribution in [-0.2, 0) is 9.47 Å². The lowest BCUT2D eigenvalue weighted by Gasteiger charge is -2.56. The summed E-state index contributed by atoms with van der Waals surface area (Å²) in [4.78, 5) is 0. The van der Waals surface area contributed by atoms with Crippen molar-refractivity contribution in [2.24, 2.45) is 40.9 Å². The summed E-state index contributed by atoms with van der Waals surface area (Å²) in [7, 11) is 1.82. The lowest BCUT2D eigenvalue weighted by atomic mass is 9.50. The van der Waals surface area contributed by atoms with Crippen molar-refractivity contribution in [2.45, 2.75) is 51.0 Å². The second-order valence-electron chi connectivity index (χ2n) is 9.72. The van der Waals surface area contributed by atoms with Gasteiger partial charge >= 0.3 is 0 Å². The fraction of sp³-hybridized carbons (Fsp3) is 0.739. The van der Waals surface area contributed by atoms with Crippen molar-refractivity contribution < 1.29 is 9.47 Å². The first kappa shape index (κ1) is 15.1. The van der Waals surface area contributed by atoms with Crippen LogP contribution in [0.1, 0.15) is 45.4 Å². The maximum atomic E-state index is 6.49. The lowest BCUT2D eigenvalue weighted by Crippen LogP contribution is -2.54. The molecule has 1 aliphatic heterocycles. The standard InChI is InChI=1S/C23H30O2/c1-22-10-8-17-16-7-5-15(24-2)12-14(16)4-6-18(17)21(22)19-13-20(19)23(22)9-3-11-25-23/h3-4,9,12,16-21H,5-8,10-11,13H2,1-2H3/t16?,17?,18?,19?,20?,21?,22-,23-/m0/s1. The number of fused-ring (bicyclic) bond motifs is 9. The van der Waals surface area contributed by atoms with Crippen LogP contribution >= 0.6 is 0 Å². The summed E-state index contributed by atoms with van der Waals surface area (Å²) in [5.74, 6) is 6.39. The van der Waals surface area contributed by atoms with Gasteiger partial charge in [0.2, 0.25) is 0 Å². The molecule has 1 spiro atoms. The fourth-order valence-corrected chi connectivity index (χ4v) is 8.16. The van der Waals surface area contributed by atoms with E-state index >= 15 is 0 Å². The molecule has 0 amide bonds. The summed E-state index contributed by atoms with van der Waals surface area (Å²) >= 11 is 0. The third-order valence-corrected chi connectivity index (χ3v) is 9.13. The van der Waals surface area contributed by atoms with Crippen molar-refractivity contribution in [3.8, 4) is 0 Å². The number of rotatable bonds is 1. The van der Waals surface area contributed by atoms with Crippen LogP contribution in [0.3, 0.4) is 0 Å². The Labute approximate surface area is 151 Å². The van der Waals surface area contributed by atoms with Gasteiger partial charge in [-0.25, -0.2) is 0 Å². The van der Waals surface area contributed by atoms with E-state index in [9.17, 15) is 0 Å². The Bertz CT molecular complexity index is 703. The molecule has 0 bridgehead atoms. The lowest BCUT2D eigenvalue weighted by molar-refractivity contribution is -0.127. The van der Waals surface area contributed by atoms with Crippen LogP contribution in [0.5, 0.6) is 0 Å². The van der Waals surface area contributed by atoms with Gasteiger partial charge in [-0.3, -0.25) is 0 Å². The molecule has 2 nitrogen and oxygen atoms in total. The average Bonchev–Trinajstić information content (AvgIpc) is 3.20. The van der Waals surface area contributed by atoms with E-state index < -0.39 is 0 Å². The largest absolute Gasteiger partial charge is 0.501 e. The van der Waals surface area contributed by atoms with Crippen LogP contribution in [0, 0.1) is 40.9 Å². The van der Waals surface area contributed by atoms with E-state index in [1.165, 1.54) is 37.9 Å². The molecule has 134 valence electrons. The van der Waals surface area contributed by atoms with Crippen molar-refractivity contribution in [3.63, 3.8) is 0 Å². The van der Waals surface area contributed by atoms with Gasteiger partial charge in [0.1, 0.15) is 0 Å². The summed E-state index contributed by atoms with van der Waals surface area (Å²) < 4.78 is 12.0. The van der Waals surface area contributed by atoms with Crippen LogP contribution in [0.25, 0.3) is 0 Å². The Balaban J connectivity index is 1.37. The Morgan fingerprint density at radius 3 is 2.92 bits per heavy atom. The van der Waals surface area contributed by atoms with E-state index in [0.717, 1.165) is 48.5 Å². The van der Waals surface area contributed by atoms with Crippen LogP contribution in [0.4, 0.5) is 0 Å². The molecule has 1 heterocycles. The number of hydrogen-bond acceptors (Lipinski definition) is 2. The zero-order valence-electron chi connectivity index (χ0n) is 15.5. The van der Waals surface area contributed by atoms with Crippen molar-refractivity contribution >= 4 is 0 Å². The number of allylic oxidation sites excluding steroid dienone is 4. The summed E-state index contributed by atoms with van der Waals surface area (Å²) in [6.45, 7) is 3.43. The third-order valence-electron chi connectivity index (χ3n) is 9.13. The second-order valence-corrected chi connectivity index (χ2v) is 9.72. The highest BCUT2D eigenvalue weighted by molar-refractivity contribution is 5.36. The zero-order chi connectivity index (χ0) is 16.8. The van der Waals surface area contributed by atoms with Gasteiger partial charge < -0.3 is 9.47 Å². The minimum Gasteiger partial charge on any atom is -0.501 e. The van der Waals surface area contributed by atoms with Gasteiger partial charge in [0.05, 0.1) is 25.1 Å². The summed E-state index contributed by atoms with van der Waals surface area (Å²) in [6.07, 6.45) is 17.6. The predicted octanol–water partition coefficient (Wildman–Crippen LogP) is 4.88. The normalized spacial score (nSPS) is 55.0. The van der Waals surface area contributed by atoms with Crippen molar-refractivity contribution in [1.82, 2.24) is 0 Å². The molecule has 0 N–H and O–H groups in total. The first-order valence-corrected chi connectivity index (χ1v) is 10.4. The molecule has 6 rings (SSSR count). The SMILES string of the molecule is COC1=CC2=CCC3C(CC[C@@]4(C)C3C3CC3[C@@]43C=CCO3)C2CC1. The molecule has 3 saturated carbocycles. The minimum atomic E-state index is 0.0903. The molecule has 3 fully saturated rings. The van der Waals surface area contributed by atoms with Gasteiger partial charge in [-0.1, -0.05) is 25.2 Å². The van der Waals surface area contributed by atoms with Gasteiger partial charge in [0, 0.05) is 11.8 Å². The zero-order valence-corrected chi connectivity index (χ0v) is 15.5. The molecule has 0 radical (unpaired) electrons. The van der Waals surface area contributed by atoms with Gasteiger partial charge in [-0.2, -0.15) is 0 Å². The molecule has 25 heavy (non-hydrogen) atoms. The van der Waals surface area contributed by atoms with Gasteiger partial charge in [0.15, 0.2) is 0 Å². The molecule has 0 aromatic rings. The Morgan fingerprint density at radius 2 is 2.12 bits per heavy atom. The topological polar surface area (TPSA) is 18.5 Å². The first-order chi connectivity index (χ1) is 12.2. The molecule has 6 unspecified atom stereocenters. The van der Waals surface area contributed by atoms with Crippen LogP contribution in [-0.4, -0.2) is 19.3 Å². The number of ether oxygens (including phenoxy) is 2. The maximum Gasteiger partial charge on any atom is 0.0958 e. The third kappa shape index (κ3) is 1.71. The summed E-state index contributed by atoms with van der Waals surface area (Å²) in [6, 6.07) is 0. The Kier molecular flexibility index (Phi) is 2.91. The van der Waals surface area contributed by atoms with Crippen LogP contribution < -0.4 is 0 Å². The van der Waals surface area contributed by atoms with E-state index in [1.807, 2.05) is 7.11 Å². The molecule has 0 aromatic carbocycles. The quantitative estimate of drug-likeness (QED) is 0.634. The fourth-order valence-electron chi connectivity index (χ4n) is 8.16. The summed E-state index contributed by atoms with van der Waals surface area (Å²) in [5.41, 5.74) is 2.06. The second kappa shape index (κ2) is 4.82. The van der Waals surface area contributed by atoms with E-state index in [1.54, 1.807) is 5.57 Å². The highest BCUT2D eigenvalue weighted by Crippen LogP contribution is 2.77. The molecule has 8 atom stereocenters. The smallest absolute Gasteiger partial charge is 0.0958 e. The summed E-state index contributed by atoms with van der Waals surface area (Å²) in [5, 5.41) is 0. The van der Waals surface area contributed by atoms with Crippen LogP contribution in [0.2, 0.25) is 0 Å². The maximum absolute atomic E-state index is 6.49. The van der Waals surface area contributed by atoms with Gasteiger partial charge in [-0.15, -0.1) is 0 Å². The molecular formula is C23H30O2. The number of hydrogen-bond donors (Lipinski definition) is 0. The highest BCUT2D eigenvalue weighted by atomic mass is 16.5. The van der Waals surface area contributed by atoms with Crippen molar-refractivity contribution in [3.05, 3.63) is 35.6 Å². The van der Waals surface area contributed by atoms with Gasteiger partial charge in [0.25, 0.3) is 0 Å². The average molecular weight is 338 g/mol. The Morgan fingerprint density at radius 1 is 1.20 bits per heavy atom. The highest BCUT2D eigenvalue weighted by Gasteiger charge is 2.76. The van der Waals surface area contributed by atoms with E-state index in [0.29, 0.717) is 5.41 Å². The molecular weight excluding hydrogens is 308 g/mol. The van der Waals surface area contributed by atoms with Gasteiger partial charge in [-0.05, 0) is 79.3 Å². The molecule has 2 heteroatoms. The monoisotopic (exact) mass is 338 g/mol. The first-order valence-electron chi connectivity index (χ1n) is 10.4. The minimum absolute atomic E-state index is 0.0903. The van der Waals surface area contributed by atoms with Crippen LogP contribution in [0.15, 0.2) is 35.6 Å². The van der Waals surface area contributed by atoms with Crippen molar-refractivity contribution in [1.29, 1.82) is 0 Å². The van der Waals surface area contributed by atoms with E-state index in [4.69, 9.17) is 9.47 Å². The molecule has 0 aromatic heterocycles. The Hall–Kier alpha value is -1.02.